The minimum absolute atomic E-state index is 0.124. The lowest BCUT2D eigenvalue weighted by molar-refractivity contribution is -0.121. The average Bonchev–Trinajstić information content (AvgIpc) is 2.42. The third kappa shape index (κ3) is 4.32. The van der Waals surface area contributed by atoms with Crippen molar-refractivity contribution in [3.8, 4) is 0 Å². The maximum Gasteiger partial charge on any atom is 0.227 e. The van der Waals surface area contributed by atoms with Crippen LogP contribution in [0.2, 0.25) is 0 Å². The van der Waals surface area contributed by atoms with Gasteiger partial charge in [-0.25, -0.2) is 0 Å². The highest BCUT2D eigenvalue weighted by Crippen LogP contribution is 2.31. The van der Waals surface area contributed by atoms with Gasteiger partial charge in [0.05, 0.1) is 0 Å². The Balaban J connectivity index is 1.83. The summed E-state index contributed by atoms with van der Waals surface area (Å²) in [5, 5.41) is 11.9. The zero-order valence-electron chi connectivity index (χ0n) is 10.9. The van der Waals surface area contributed by atoms with Crippen LogP contribution in [-0.2, 0) is 4.79 Å². The van der Waals surface area contributed by atoms with Gasteiger partial charge in [0.25, 0.3) is 0 Å². The quantitative estimate of drug-likeness (QED) is 0.888. The maximum absolute atomic E-state index is 12.1. The van der Waals surface area contributed by atoms with Crippen molar-refractivity contribution >= 4 is 27.5 Å². The Morgan fingerprint density at radius 2 is 1.84 bits per heavy atom. The van der Waals surface area contributed by atoms with E-state index in [1.54, 1.807) is 0 Å². The summed E-state index contributed by atoms with van der Waals surface area (Å²) in [4.78, 5) is 12.1. The van der Waals surface area contributed by atoms with Crippen molar-refractivity contribution < 1.29 is 9.90 Å². The fraction of sp³-hybridized carbons (Fsp3) is 0.533. The number of rotatable bonds is 4. The van der Waals surface area contributed by atoms with Crippen molar-refractivity contribution in [3.05, 3.63) is 28.7 Å². The first kappa shape index (κ1) is 14.5. The maximum atomic E-state index is 12.1. The summed E-state index contributed by atoms with van der Waals surface area (Å²) in [6, 6.07) is 7.65. The number of anilines is 1. The molecule has 3 nitrogen and oxygen atoms in total. The lowest BCUT2D eigenvalue weighted by Crippen LogP contribution is -2.27. The van der Waals surface area contributed by atoms with Gasteiger partial charge in [0.2, 0.25) is 5.91 Å². The number of aliphatic hydroxyl groups is 1. The van der Waals surface area contributed by atoms with E-state index in [1.165, 1.54) is 0 Å². The Labute approximate surface area is 122 Å². The van der Waals surface area contributed by atoms with Crippen LogP contribution in [0.3, 0.4) is 0 Å². The van der Waals surface area contributed by atoms with Crippen LogP contribution in [0.1, 0.15) is 32.1 Å². The topological polar surface area (TPSA) is 49.3 Å². The minimum atomic E-state index is 0.124. The zero-order valence-corrected chi connectivity index (χ0v) is 12.5. The number of carbonyl (C=O) groups excluding carboxylic acids is 1. The highest BCUT2D eigenvalue weighted by atomic mass is 79.9. The molecule has 1 aliphatic rings. The number of halogens is 1. The molecule has 1 amide bonds. The SMILES string of the molecule is O=C(Nc1ccc(Br)cc1)C1CCC(CCO)CC1. The second kappa shape index (κ2) is 7.06. The summed E-state index contributed by atoms with van der Waals surface area (Å²) >= 11 is 3.38. The second-order valence-corrected chi connectivity index (χ2v) is 6.14. The van der Waals surface area contributed by atoms with Crippen molar-refractivity contribution in [2.45, 2.75) is 32.1 Å². The van der Waals surface area contributed by atoms with Gasteiger partial charge in [-0.1, -0.05) is 15.9 Å². The fourth-order valence-electron chi connectivity index (χ4n) is 2.67. The van der Waals surface area contributed by atoms with Crippen LogP contribution in [0.25, 0.3) is 0 Å². The molecule has 0 aliphatic heterocycles. The van der Waals surface area contributed by atoms with Crippen LogP contribution in [0.5, 0.6) is 0 Å². The molecule has 2 rings (SSSR count). The van der Waals surface area contributed by atoms with Gasteiger partial charge in [0, 0.05) is 22.7 Å². The standard InChI is InChI=1S/C15H20BrNO2/c16-13-5-7-14(8-6-13)17-15(19)12-3-1-11(2-4-12)9-10-18/h5-8,11-12,18H,1-4,9-10H2,(H,17,19). The minimum Gasteiger partial charge on any atom is -0.396 e. The van der Waals surface area contributed by atoms with Crippen LogP contribution in [0.15, 0.2) is 28.7 Å². The molecule has 0 unspecified atom stereocenters. The Kier molecular flexibility index (Phi) is 5.40. The monoisotopic (exact) mass is 325 g/mol. The van der Waals surface area contributed by atoms with Gasteiger partial charge in [-0.15, -0.1) is 0 Å². The molecule has 0 radical (unpaired) electrons. The fourth-order valence-corrected chi connectivity index (χ4v) is 2.94. The molecule has 0 spiro atoms. The molecule has 0 heterocycles. The molecule has 4 heteroatoms. The van der Waals surface area contributed by atoms with Gasteiger partial charge in [0.1, 0.15) is 0 Å². The first-order valence-corrected chi connectivity index (χ1v) is 7.65. The first-order chi connectivity index (χ1) is 9.19. The van der Waals surface area contributed by atoms with Crippen LogP contribution >= 0.6 is 15.9 Å². The molecular weight excluding hydrogens is 306 g/mol. The summed E-state index contributed by atoms with van der Waals surface area (Å²) in [5.74, 6) is 0.852. The molecule has 2 N–H and O–H groups in total. The molecule has 0 aromatic heterocycles. The van der Waals surface area contributed by atoms with E-state index >= 15 is 0 Å². The Hall–Kier alpha value is -0.870. The number of aliphatic hydroxyl groups excluding tert-OH is 1. The molecule has 1 aliphatic carbocycles. The summed E-state index contributed by atoms with van der Waals surface area (Å²) in [6.07, 6.45) is 4.86. The van der Waals surface area contributed by atoms with E-state index < -0.39 is 0 Å². The molecule has 104 valence electrons. The van der Waals surface area contributed by atoms with E-state index in [2.05, 4.69) is 21.2 Å². The van der Waals surface area contributed by atoms with E-state index in [4.69, 9.17) is 5.11 Å². The largest absolute Gasteiger partial charge is 0.396 e. The van der Waals surface area contributed by atoms with Crippen molar-refractivity contribution in [2.75, 3.05) is 11.9 Å². The summed E-state index contributed by atoms with van der Waals surface area (Å²) in [5.41, 5.74) is 0.852. The van der Waals surface area contributed by atoms with Crippen molar-refractivity contribution in [1.82, 2.24) is 0 Å². The predicted octanol–water partition coefficient (Wildman–Crippen LogP) is 3.58. The molecular formula is C15H20BrNO2. The number of carbonyl (C=O) groups is 1. The Bertz CT molecular complexity index is 411. The number of hydrogen-bond acceptors (Lipinski definition) is 2. The number of benzene rings is 1. The van der Waals surface area contributed by atoms with Crippen LogP contribution in [0, 0.1) is 11.8 Å². The zero-order chi connectivity index (χ0) is 13.7. The average molecular weight is 326 g/mol. The highest BCUT2D eigenvalue weighted by molar-refractivity contribution is 9.10. The van der Waals surface area contributed by atoms with E-state index in [9.17, 15) is 4.79 Å². The van der Waals surface area contributed by atoms with Crippen molar-refractivity contribution in [1.29, 1.82) is 0 Å². The molecule has 0 atom stereocenters. The molecule has 1 saturated carbocycles. The molecule has 1 aromatic rings. The normalized spacial score (nSPS) is 23.1. The van der Waals surface area contributed by atoms with E-state index in [-0.39, 0.29) is 18.4 Å². The van der Waals surface area contributed by atoms with Crippen molar-refractivity contribution in [2.24, 2.45) is 11.8 Å². The Morgan fingerprint density at radius 3 is 2.42 bits per heavy atom. The molecule has 0 saturated heterocycles. The highest BCUT2D eigenvalue weighted by Gasteiger charge is 2.25. The van der Waals surface area contributed by atoms with Crippen LogP contribution in [-0.4, -0.2) is 17.6 Å². The van der Waals surface area contributed by atoms with Gasteiger partial charge >= 0.3 is 0 Å². The number of amides is 1. The van der Waals surface area contributed by atoms with Gasteiger partial charge < -0.3 is 10.4 Å². The molecule has 19 heavy (non-hydrogen) atoms. The van der Waals surface area contributed by atoms with Crippen LogP contribution in [0.4, 0.5) is 5.69 Å². The van der Waals surface area contributed by atoms with Gasteiger partial charge in [-0.3, -0.25) is 4.79 Å². The molecule has 1 aromatic carbocycles. The van der Waals surface area contributed by atoms with E-state index in [0.717, 1.165) is 42.3 Å². The van der Waals surface area contributed by atoms with E-state index in [1.807, 2.05) is 24.3 Å². The lowest BCUT2D eigenvalue weighted by atomic mass is 9.80. The summed E-state index contributed by atoms with van der Waals surface area (Å²) < 4.78 is 1.01. The third-order valence-corrected chi connectivity index (χ3v) is 4.40. The van der Waals surface area contributed by atoms with Gasteiger partial charge in [-0.05, 0) is 62.3 Å². The number of nitrogens with one attached hydrogen (secondary N) is 1. The summed E-state index contributed by atoms with van der Waals surface area (Å²) in [6.45, 7) is 0.264. The van der Waals surface area contributed by atoms with Gasteiger partial charge in [-0.2, -0.15) is 0 Å². The summed E-state index contributed by atoms with van der Waals surface area (Å²) in [7, 11) is 0. The van der Waals surface area contributed by atoms with Crippen LogP contribution < -0.4 is 5.32 Å². The number of hydrogen-bond donors (Lipinski definition) is 2. The third-order valence-electron chi connectivity index (χ3n) is 3.87. The van der Waals surface area contributed by atoms with Crippen molar-refractivity contribution in [3.63, 3.8) is 0 Å². The molecule has 1 fully saturated rings. The Morgan fingerprint density at radius 1 is 1.21 bits per heavy atom. The lowest BCUT2D eigenvalue weighted by Gasteiger charge is -2.27. The smallest absolute Gasteiger partial charge is 0.227 e. The first-order valence-electron chi connectivity index (χ1n) is 6.86. The predicted molar refractivity (Wildman–Crippen MR) is 79.9 cm³/mol. The molecule has 0 bridgehead atoms. The van der Waals surface area contributed by atoms with E-state index in [0.29, 0.717) is 5.92 Å². The second-order valence-electron chi connectivity index (χ2n) is 5.23. The van der Waals surface area contributed by atoms with Gasteiger partial charge in [0.15, 0.2) is 0 Å².